The first-order chi connectivity index (χ1) is 18.3. The Morgan fingerprint density at radius 3 is 2.74 bits per heavy atom. The summed E-state index contributed by atoms with van der Waals surface area (Å²) in [5.74, 6) is 0.985. The maximum atomic E-state index is 13.2. The van der Waals surface area contributed by atoms with Crippen LogP contribution in [-0.4, -0.2) is 70.6 Å². The van der Waals surface area contributed by atoms with Crippen LogP contribution in [-0.2, 0) is 15.7 Å². The molecule has 38 heavy (non-hydrogen) atoms. The highest BCUT2D eigenvalue weighted by molar-refractivity contribution is 5.96. The molecule has 1 spiro atoms. The number of amides is 1. The highest BCUT2D eigenvalue weighted by Gasteiger charge is 2.46. The summed E-state index contributed by atoms with van der Waals surface area (Å²) in [4.78, 5) is 29.4. The van der Waals surface area contributed by atoms with Crippen LogP contribution in [0.5, 0.6) is 5.88 Å². The summed E-state index contributed by atoms with van der Waals surface area (Å²) in [6.45, 7) is 3.00. The van der Waals surface area contributed by atoms with Crippen molar-refractivity contribution >= 4 is 28.6 Å². The molecule has 0 aliphatic carbocycles. The Bertz CT molecular complexity index is 1350. The Kier molecular flexibility index (Phi) is 6.12. The summed E-state index contributed by atoms with van der Waals surface area (Å²) in [6, 6.07) is 2.47. The number of carbonyl (C=O) groups excluding carboxylic acids is 1. The Hall–Kier alpha value is -3.48. The van der Waals surface area contributed by atoms with E-state index in [1.54, 1.807) is 13.3 Å². The number of anilines is 2. The van der Waals surface area contributed by atoms with Crippen molar-refractivity contribution in [3.8, 4) is 5.88 Å². The standard InChI is InChI=1S/C25H28F3N7O3/c1-37-23-21-22(35(32-23)17-3-2-10-38-14-17)31-19(13-30-21)33-8-5-24(6-9-33)12-20(36)34(15-24)16-4-7-29-18(11-16)25(26,27)28/h4,7,11,13,17H,2-3,5-6,8-10,12,14-15H2,1H3. The molecule has 3 aromatic rings. The van der Waals surface area contributed by atoms with Crippen molar-refractivity contribution < 1.29 is 27.4 Å². The lowest BCUT2D eigenvalue weighted by Crippen LogP contribution is -2.42. The molecule has 10 nitrogen and oxygen atoms in total. The van der Waals surface area contributed by atoms with E-state index in [1.165, 1.54) is 11.0 Å². The molecule has 0 N–H and O–H groups in total. The first-order valence-corrected chi connectivity index (χ1v) is 12.7. The number of rotatable bonds is 4. The Labute approximate surface area is 216 Å². The van der Waals surface area contributed by atoms with Gasteiger partial charge < -0.3 is 19.3 Å². The van der Waals surface area contributed by atoms with Crippen LogP contribution >= 0.6 is 0 Å². The van der Waals surface area contributed by atoms with Gasteiger partial charge in [0, 0.05) is 50.0 Å². The van der Waals surface area contributed by atoms with Gasteiger partial charge in [-0.3, -0.25) is 9.78 Å². The molecule has 0 radical (unpaired) electrons. The van der Waals surface area contributed by atoms with E-state index in [4.69, 9.17) is 14.5 Å². The van der Waals surface area contributed by atoms with Crippen LogP contribution in [0, 0.1) is 5.41 Å². The van der Waals surface area contributed by atoms with Crippen LogP contribution in [0.15, 0.2) is 24.5 Å². The highest BCUT2D eigenvalue weighted by atomic mass is 19.4. The molecule has 13 heteroatoms. The van der Waals surface area contributed by atoms with E-state index in [2.05, 4.69) is 20.0 Å². The number of hydrogen-bond donors (Lipinski definition) is 0. The fourth-order valence-electron chi connectivity index (χ4n) is 5.75. The second kappa shape index (κ2) is 9.37. The van der Waals surface area contributed by atoms with E-state index in [-0.39, 0.29) is 23.1 Å². The van der Waals surface area contributed by atoms with Crippen molar-refractivity contribution in [3.63, 3.8) is 0 Å². The summed E-state index contributed by atoms with van der Waals surface area (Å²) in [5, 5.41) is 4.60. The van der Waals surface area contributed by atoms with E-state index >= 15 is 0 Å². The third-order valence-corrected chi connectivity index (χ3v) is 7.85. The first-order valence-electron chi connectivity index (χ1n) is 12.7. The topological polar surface area (TPSA) is 98.5 Å². The third-order valence-electron chi connectivity index (χ3n) is 7.85. The molecule has 3 aliphatic heterocycles. The number of hydrogen-bond acceptors (Lipinski definition) is 8. The van der Waals surface area contributed by atoms with Gasteiger partial charge in [-0.05, 0) is 37.8 Å². The number of nitrogens with zero attached hydrogens (tertiary/aromatic N) is 7. The maximum Gasteiger partial charge on any atom is 0.433 e. The van der Waals surface area contributed by atoms with E-state index < -0.39 is 11.9 Å². The van der Waals surface area contributed by atoms with Crippen molar-refractivity contribution in [2.75, 3.05) is 49.8 Å². The van der Waals surface area contributed by atoms with E-state index in [0.717, 1.165) is 37.5 Å². The quantitative estimate of drug-likeness (QED) is 0.504. The molecule has 0 aromatic carbocycles. The summed E-state index contributed by atoms with van der Waals surface area (Å²) in [6.07, 6.45) is 1.87. The van der Waals surface area contributed by atoms with Crippen molar-refractivity contribution in [1.82, 2.24) is 24.7 Å². The van der Waals surface area contributed by atoms with E-state index in [9.17, 15) is 18.0 Å². The molecule has 0 saturated carbocycles. The number of methoxy groups -OCH3 is 1. The molecule has 6 heterocycles. The van der Waals surface area contributed by atoms with Gasteiger partial charge in [0.15, 0.2) is 11.2 Å². The van der Waals surface area contributed by atoms with Crippen LogP contribution in [0.3, 0.4) is 0 Å². The molecular weight excluding hydrogens is 503 g/mol. The van der Waals surface area contributed by atoms with Gasteiger partial charge >= 0.3 is 6.18 Å². The molecule has 1 amide bonds. The largest absolute Gasteiger partial charge is 0.478 e. The Morgan fingerprint density at radius 1 is 1.21 bits per heavy atom. The van der Waals surface area contributed by atoms with Gasteiger partial charge in [0.1, 0.15) is 11.5 Å². The van der Waals surface area contributed by atoms with Crippen molar-refractivity contribution in [1.29, 1.82) is 0 Å². The van der Waals surface area contributed by atoms with E-state index in [0.29, 0.717) is 62.5 Å². The average molecular weight is 532 g/mol. The summed E-state index contributed by atoms with van der Waals surface area (Å²) in [5.41, 5.74) is 0.195. The monoisotopic (exact) mass is 531 g/mol. The smallest absolute Gasteiger partial charge is 0.433 e. The fourth-order valence-corrected chi connectivity index (χ4v) is 5.75. The van der Waals surface area contributed by atoms with Crippen LogP contribution < -0.4 is 14.5 Å². The van der Waals surface area contributed by atoms with Gasteiger partial charge in [-0.25, -0.2) is 14.6 Å². The number of alkyl halides is 3. The number of fused-ring (bicyclic) bond motifs is 1. The molecule has 0 bridgehead atoms. The van der Waals surface area contributed by atoms with Crippen LogP contribution in [0.25, 0.3) is 11.2 Å². The number of pyridine rings is 1. The number of piperidine rings is 1. The highest BCUT2D eigenvalue weighted by Crippen LogP contribution is 2.44. The molecule has 3 fully saturated rings. The average Bonchev–Trinajstić information content (AvgIpc) is 3.46. The Balaban J connectivity index is 1.19. The summed E-state index contributed by atoms with van der Waals surface area (Å²) >= 11 is 0. The van der Waals surface area contributed by atoms with Crippen molar-refractivity contribution in [2.45, 2.75) is 44.3 Å². The number of ether oxygens (including phenoxy) is 2. The lowest BCUT2D eigenvalue weighted by Gasteiger charge is -2.39. The van der Waals surface area contributed by atoms with Crippen molar-refractivity contribution in [2.24, 2.45) is 5.41 Å². The second-order valence-corrected chi connectivity index (χ2v) is 10.3. The second-order valence-electron chi connectivity index (χ2n) is 10.3. The van der Waals surface area contributed by atoms with Gasteiger partial charge in [0.05, 0.1) is 26.0 Å². The lowest BCUT2D eigenvalue weighted by atomic mass is 9.77. The van der Waals surface area contributed by atoms with Gasteiger partial charge in [-0.15, -0.1) is 5.10 Å². The molecule has 3 aromatic heterocycles. The number of halogens is 3. The zero-order valence-corrected chi connectivity index (χ0v) is 20.9. The van der Waals surface area contributed by atoms with Gasteiger partial charge in [-0.2, -0.15) is 13.2 Å². The van der Waals surface area contributed by atoms with Crippen LogP contribution in [0.2, 0.25) is 0 Å². The molecule has 6 rings (SSSR count). The molecule has 3 saturated heterocycles. The first kappa shape index (κ1) is 24.8. The van der Waals surface area contributed by atoms with Gasteiger partial charge in [0.2, 0.25) is 5.91 Å². The zero-order valence-electron chi connectivity index (χ0n) is 20.9. The molecule has 1 atom stereocenters. The van der Waals surface area contributed by atoms with Gasteiger partial charge in [-0.1, -0.05) is 0 Å². The Morgan fingerprint density at radius 2 is 2.03 bits per heavy atom. The molecule has 202 valence electrons. The van der Waals surface area contributed by atoms with Crippen LogP contribution in [0.1, 0.15) is 43.8 Å². The predicted molar refractivity (Wildman–Crippen MR) is 131 cm³/mol. The van der Waals surface area contributed by atoms with Crippen molar-refractivity contribution in [3.05, 3.63) is 30.2 Å². The maximum absolute atomic E-state index is 13.2. The van der Waals surface area contributed by atoms with Gasteiger partial charge in [0.25, 0.3) is 5.88 Å². The summed E-state index contributed by atoms with van der Waals surface area (Å²) in [7, 11) is 1.56. The summed E-state index contributed by atoms with van der Waals surface area (Å²) < 4.78 is 52.4. The number of carbonyl (C=O) groups is 1. The minimum atomic E-state index is -4.56. The SMILES string of the molecule is COc1nn(C2CCCOC2)c2nc(N3CCC4(CC3)CC(=O)N(c3ccnc(C(F)(F)F)c3)C4)cnc12. The molecule has 3 aliphatic rings. The minimum absolute atomic E-state index is 0.0610. The molecule has 1 unspecified atom stereocenters. The normalized spacial score (nSPS) is 22.0. The third kappa shape index (κ3) is 4.42. The van der Waals surface area contributed by atoms with E-state index in [1.807, 2.05) is 4.68 Å². The predicted octanol–water partition coefficient (Wildman–Crippen LogP) is 3.62. The molecular formula is C25H28F3N7O3. The number of aromatic nitrogens is 5. The fraction of sp³-hybridized carbons (Fsp3) is 0.560. The van der Waals surface area contributed by atoms with Crippen LogP contribution in [0.4, 0.5) is 24.7 Å². The minimum Gasteiger partial charge on any atom is -0.478 e. The lowest BCUT2D eigenvalue weighted by molar-refractivity contribution is -0.141. The zero-order chi connectivity index (χ0) is 26.5.